The minimum absolute atomic E-state index is 0.0111. The number of nitrogens with zero attached hydrogens (tertiary/aromatic N) is 2. The summed E-state index contributed by atoms with van der Waals surface area (Å²) < 4.78 is 26.7. The van der Waals surface area contributed by atoms with Crippen LogP contribution in [0.1, 0.15) is 36.5 Å². The zero-order chi connectivity index (χ0) is 17.9. The Hall–Kier alpha value is -2.25. The minimum atomic E-state index is -3.46. The lowest BCUT2D eigenvalue weighted by molar-refractivity contribution is 0.101. The maximum absolute atomic E-state index is 12.6. The lowest BCUT2D eigenvalue weighted by Crippen LogP contribution is -2.35. The van der Waals surface area contributed by atoms with Gasteiger partial charge in [-0.3, -0.25) is 4.79 Å². The van der Waals surface area contributed by atoms with Gasteiger partial charge in [-0.25, -0.2) is 13.4 Å². The predicted octanol–water partition coefficient (Wildman–Crippen LogP) is 3.20. The number of pyridine rings is 1. The number of nitrogens with one attached hydrogen (secondary N) is 1. The van der Waals surface area contributed by atoms with Crippen molar-refractivity contribution in [3.05, 3.63) is 48.2 Å². The van der Waals surface area contributed by atoms with E-state index in [4.69, 9.17) is 0 Å². The van der Waals surface area contributed by atoms with Gasteiger partial charge in [0.2, 0.25) is 10.0 Å². The molecule has 1 aliphatic rings. The van der Waals surface area contributed by atoms with E-state index < -0.39 is 10.0 Å². The number of ketones is 1. The number of hydrogen-bond donors (Lipinski definition) is 1. The van der Waals surface area contributed by atoms with Crippen molar-refractivity contribution in [1.29, 1.82) is 0 Å². The Morgan fingerprint density at radius 1 is 1.04 bits per heavy atom. The average Bonchev–Trinajstić information content (AvgIpc) is 2.63. The van der Waals surface area contributed by atoms with Crippen LogP contribution in [0.4, 0.5) is 11.5 Å². The van der Waals surface area contributed by atoms with Crippen LogP contribution in [-0.2, 0) is 10.0 Å². The molecule has 1 aliphatic heterocycles. The molecule has 0 aliphatic carbocycles. The zero-order valence-corrected chi connectivity index (χ0v) is 14.9. The third kappa shape index (κ3) is 4.05. The van der Waals surface area contributed by atoms with Crippen LogP contribution >= 0.6 is 0 Å². The van der Waals surface area contributed by atoms with E-state index in [-0.39, 0.29) is 10.7 Å². The van der Waals surface area contributed by atoms with E-state index in [1.54, 1.807) is 36.4 Å². The van der Waals surface area contributed by atoms with Gasteiger partial charge in [-0.2, -0.15) is 4.31 Å². The van der Waals surface area contributed by atoms with Crippen molar-refractivity contribution in [2.75, 3.05) is 18.4 Å². The summed E-state index contributed by atoms with van der Waals surface area (Å²) in [6.07, 6.45) is 4.27. The maximum atomic E-state index is 12.6. The second-order valence-electron chi connectivity index (χ2n) is 6.10. The Kier molecular flexibility index (Phi) is 5.15. The molecule has 7 heteroatoms. The summed E-state index contributed by atoms with van der Waals surface area (Å²) in [7, 11) is -3.46. The van der Waals surface area contributed by atoms with Crippen molar-refractivity contribution in [2.24, 2.45) is 0 Å². The van der Waals surface area contributed by atoms with Crippen LogP contribution < -0.4 is 5.32 Å². The van der Waals surface area contributed by atoms with Crippen LogP contribution in [-0.4, -0.2) is 36.6 Å². The molecule has 25 heavy (non-hydrogen) atoms. The molecular weight excluding hydrogens is 338 g/mol. The van der Waals surface area contributed by atoms with Crippen LogP contribution in [0.3, 0.4) is 0 Å². The number of sulfonamides is 1. The maximum Gasteiger partial charge on any atom is 0.244 e. The van der Waals surface area contributed by atoms with E-state index in [0.29, 0.717) is 24.5 Å². The van der Waals surface area contributed by atoms with E-state index in [0.717, 1.165) is 24.9 Å². The Morgan fingerprint density at radius 2 is 1.72 bits per heavy atom. The van der Waals surface area contributed by atoms with Crippen LogP contribution in [0.5, 0.6) is 0 Å². The third-order valence-corrected chi connectivity index (χ3v) is 6.14. The summed E-state index contributed by atoms with van der Waals surface area (Å²) in [6, 6.07) is 10.3. The molecular formula is C18H21N3O3S. The second-order valence-corrected chi connectivity index (χ2v) is 8.04. The van der Waals surface area contributed by atoms with Gasteiger partial charge in [0.15, 0.2) is 5.78 Å². The fourth-order valence-corrected chi connectivity index (χ4v) is 4.26. The van der Waals surface area contributed by atoms with Crippen molar-refractivity contribution >= 4 is 27.3 Å². The summed E-state index contributed by atoms with van der Waals surface area (Å²) >= 11 is 0. The summed E-state index contributed by atoms with van der Waals surface area (Å²) in [4.78, 5) is 15.7. The molecule has 0 bridgehead atoms. The smallest absolute Gasteiger partial charge is 0.244 e. The standard InChI is InChI=1S/C18H21N3O3S/c1-14(22)15-5-7-16(8-6-15)20-18-10-9-17(13-19-18)25(23,24)21-11-3-2-4-12-21/h5-10,13H,2-4,11-12H2,1H3,(H,19,20). The fourth-order valence-electron chi connectivity index (χ4n) is 2.80. The minimum Gasteiger partial charge on any atom is -0.340 e. The van der Waals surface area contributed by atoms with Gasteiger partial charge in [0, 0.05) is 30.5 Å². The van der Waals surface area contributed by atoms with Crippen LogP contribution in [0.2, 0.25) is 0 Å². The summed E-state index contributed by atoms with van der Waals surface area (Å²) in [5.41, 5.74) is 1.42. The molecule has 1 aromatic heterocycles. The van der Waals surface area contributed by atoms with Crippen molar-refractivity contribution in [1.82, 2.24) is 9.29 Å². The van der Waals surface area contributed by atoms with Gasteiger partial charge in [-0.15, -0.1) is 0 Å². The van der Waals surface area contributed by atoms with E-state index in [1.807, 2.05) is 0 Å². The molecule has 3 rings (SSSR count). The van der Waals surface area contributed by atoms with Gasteiger partial charge in [-0.1, -0.05) is 6.42 Å². The van der Waals surface area contributed by atoms with Crippen LogP contribution in [0.25, 0.3) is 0 Å². The number of benzene rings is 1. The molecule has 0 radical (unpaired) electrons. The Morgan fingerprint density at radius 3 is 2.28 bits per heavy atom. The van der Waals surface area contributed by atoms with Gasteiger partial charge < -0.3 is 5.32 Å². The lowest BCUT2D eigenvalue weighted by Gasteiger charge is -2.25. The highest BCUT2D eigenvalue weighted by molar-refractivity contribution is 7.89. The molecule has 0 amide bonds. The van der Waals surface area contributed by atoms with Crippen molar-refractivity contribution in [3.63, 3.8) is 0 Å². The highest BCUT2D eigenvalue weighted by atomic mass is 32.2. The van der Waals surface area contributed by atoms with E-state index >= 15 is 0 Å². The number of aromatic nitrogens is 1. The molecule has 0 saturated carbocycles. The second kappa shape index (κ2) is 7.33. The summed E-state index contributed by atoms with van der Waals surface area (Å²) in [5, 5.41) is 3.10. The number of carbonyl (C=O) groups is 1. The molecule has 0 atom stereocenters. The van der Waals surface area contributed by atoms with Gasteiger partial charge >= 0.3 is 0 Å². The van der Waals surface area contributed by atoms with E-state index in [2.05, 4.69) is 10.3 Å². The first-order valence-electron chi connectivity index (χ1n) is 8.31. The molecule has 1 N–H and O–H groups in total. The summed E-state index contributed by atoms with van der Waals surface area (Å²) in [5.74, 6) is 0.560. The normalized spacial score (nSPS) is 15.7. The highest BCUT2D eigenvalue weighted by Crippen LogP contribution is 2.22. The van der Waals surface area contributed by atoms with Crippen molar-refractivity contribution in [2.45, 2.75) is 31.1 Å². The number of hydrogen-bond acceptors (Lipinski definition) is 5. The van der Waals surface area contributed by atoms with Crippen LogP contribution in [0, 0.1) is 0 Å². The molecule has 6 nitrogen and oxygen atoms in total. The first-order chi connectivity index (χ1) is 12.0. The SMILES string of the molecule is CC(=O)c1ccc(Nc2ccc(S(=O)(=O)N3CCCCC3)cn2)cc1. The van der Waals surface area contributed by atoms with Gasteiger partial charge in [-0.05, 0) is 56.2 Å². The molecule has 2 heterocycles. The molecule has 1 fully saturated rings. The summed E-state index contributed by atoms with van der Waals surface area (Å²) in [6.45, 7) is 2.67. The van der Waals surface area contributed by atoms with Gasteiger partial charge in [0.1, 0.15) is 10.7 Å². The van der Waals surface area contributed by atoms with Crippen molar-refractivity contribution in [3.8, 4) is 0 Å². The number of anilines is 2. The average molecular weight is 359 g/mol. The Labute approximate surface area is 147 Å². The molecule has 1 aromatic carbocycles. The van der Waals surface area contributed by atoms with E-state index in [1.165, 1.54) is 17.4 Å². The van der Waals surface area contributed by atoms with Gasteiger partial charge in [0.25, 0.3) is 0 Å². The number of rotatable bonds is 5. The van der Waals surface area contributed by atoms with Crippen molar-refractivity contribution < 1.29 is 13.2 Å². The third-order valence-electron chi connectivity index (χ3n) is 4.25. The number of carbonyl (C=O) groups excluding carboxylic acids is 1. The fraction of sp³-hybridized carbons (Fsp3) is 0.333. The molecule has 0 spiro atoms. The number of Topliss-reactive ketones (excluding diaryl/α,β-unsaturated/α-hetero) is 1. The Balaban J connectivity index is 1.72. The van der Waals surface area contributed by atoms with E-state index in [9.17, 15) is 13.2 Å². The zero-order valence-electron chi connectivity index (χ0n) is 14.1. The molecule has 1 saturated heterocycles. The quantitative estimate of drug-likeness (QED) is 0.829. The topological polar surface area (TPSA) is 79.4 Å². The van der Waals surface area contributed by atoms with Crippen LogP contribution in [0.15, 0.2) is 47.5 Å². The lowest BCUT2D eigenvalue weighted by atomic mass is 10.1. The Bertz CT molecular complexity index is 840. The predicted molar refractivity (Wildman–Crippen MR) is 96.6 cm³/mol. The largest absolute Gasteiger partial charge is 0.340 e. The number of piperidine rings is 1. The first-order valence-corrected chi connectivity index (χ1v) is 9.75. The molecule has 0 unspecified atom stereocenters. The monoisotopic (exact) mass is 359 g/mol. The van der Waals surface area contributed by atoms with Gasteiger partial charge in [0.05, 0.1) is 0 Å². The molecule has 132 valence electrons. The molecule has 2 aromatic rings. The first kappa shape index (κ1) is 17.6. The highest BCUT2D eigenvalue weighted by Gasteiger charge is 2.26.